The van der Waals surface area contributed by atoms with Crippen molar-refractivity contribution in [3.63, 3.8) is 0 Å². The molecule has 36 heavy (non-hydrogen) atoms. The van der Waals surface area contributed by atoms with Crippen molar-refractivity contribution < 1.29 is 14.3 Å². The number of aromatic amines is 1. The fraction of sp³-hybridized carbons (Fsp3) is 0.346. The monoisotopic (exact) mass is 558 g/mol. The summed E-state index contributed by atoms with van der Waals surface area (Å²) in [6.45, 7) is 0. The van der Waals surface area contributed by atoms with Crippen molar-refractivity contribution in [2.45, 2.75) is 22.6 Å². The molecule has 7 rings (SSSR count). The number of imide groups is 1. The van der Waals surface area contributed by atoms with Crippen LogP contribution in [0.25, 0.3) is 0 Å². The maximum Gasteiger partial charge on any atom is 0.305 e. The minimum absolute atomic E-state index is 0.0163. The van der Waals surface area contributed by atoms with Gasteiger partial charge in [0.15, 0.2) is 0 Å². The molecule has 2 bridgehead atoms. The number of H-pyrrole nitrogens is 1. The van der Waals surface area contributed by atoms with Crippen LogP contribution in [0.2, 0.25) is 10.0 Å². The largest absolute Gasteiger partial charge is 0.497 e. The highest BCUT2D eigenvalue weighted by Crippen LogP contribution is 2.69. The lowest BCUT2D eigenvalue weighted by Gasteiger charge is -2.43. The van der Waals surface area contributed by atoms with E-state index in [9.17, 15) is 14.4 Å². The molecule has 7 atom stereocenters. The molecular weight excluding hydrogens is 539 g/mol. The maximum absolute atomic E-state index is 13.8. The van der Waals surface area contributed by atoms with Gasteiger partial charge in [-0.3, -0.25) is 19.3 Å². The van der Waals surface area contributed by atoms with E-state index >= 15 is 0 Å². The van der Waals surface area contributed by atoms with E-state index in [1.54, 1.807) is 49.2 Å². The zero-order valence-corrected chi connectivity index (χ0v) is 22.1. The maximum atomic E-state index is 13.8. The van der Waals surface area contributed by atoms with E-state index in [1.807, 2.05) is 12.1 Å². The van der Waals surface area contributed by atoms with Gasteiger partial charge in [0.1, 0.15) is 5.75 Å². The molecule has 4 aliphatic rings. The summed E-state index contributed by atoms with van der Waals surface area (Å²) in [5.74, 6) is -0.320. The van der Waals surface area contributed by atoms with Crippen molar-refractivity contribution in [3.8, 4) is 5.75 Å². The zero-order chi connectivity index (χ0) is 24.9. The highest BCUT2D eigenvalue weighted by atomic mass is 35.5. The number of nitrogens with zero attached hydrogens (tertiary/aromatic N) is 1. The molecule has 1 aromatic heterocycles. The number of aromatic nitrogens is 1. The van der Waals surface area contributed by atoms with Gasteiger partial charge >= 0.3 is 4.87 Å². The summed E-state index contributed by atoms with van der Waals surface area (Å²) in [5.41, 5.74) is 1.46. The lowest BCUT2D eigenvalue weighted by Crippen LogP contribution is -2.42. The number of hydrogen-bond donors (Lipinski definition) is 1. The van der Waals surface area contributed by atoms with Crippen LogP contribution in [-0.2, 0) is 9.59 Å². The fourth-order valence-corrected chi connectivity index (χ4v) is 10.4. The average Bonchev–Trinajstić information content (AvgIpc) is 3.60. The number of amides is 2. The third-order valence-corrected chi connectivity index (χ3v) is 11.8. The Morgan fingerprint density at radius 1 is 1.00 bits per heavy atom. The number of benzene rings is 2. The summed E-state index contributed by atoms with van der Waals surface area (Å²) in [4.78, 5) is 45.1. The van der Waals surface area contributed by atoms with Crippen LogP contribution in [0, 0.1) is 29.6 Å². The molecule has 2 saturated carbocycles. The highest BCUT2D eigenvalue weighted by Gasteiger charge is 2.69. The van der Waals surface area contributed by atoms with Gasteiger partial charge in [-0.2, -0.15) is 0 Å². The molecule has 3 aromatic rings. The van der Waals surface area contributed by atoms with Gasteiger partial charge < -0.3 is 9.72 Å². The van der Waals surface area contributed by atoms with Crippen molar-refractivity contribution in [1.29, 1.82) is 0 Å². The number of ether oxygens (including phenoxy) is 1. The number of carbonyl (C=O) groups is 2. The van der Waals surface area contributed by atoms with Crippen LogP contribution in [-0.4, -0.2) is 29.2 Å². The van der Waals surface area contributed by atoms with Gasteiger partial charge in [-0.25, -0.2) is 0 Å². The molecule has 10 heteroatoms. The number of hydrogen-bond acceptors (Lipinski definition) is 6. The summed E-state index contributed by atoms with van der Waals surface area (Å²) in [6, 6.07) is 12.6. The zero-order valence-electron chi connectivity index (χ0n) is 18.9. The smallest absolute Gasteiger partial charge is 0.305 e. The molecule has 2 aliphatic carbocycles. The molecule has 3 heterocycles. The lowest BCUT2D eigenvalue weighted by atomic mass is 9.68. The van der Waals surface area contributed by atoms with E-state index in [4.69, 9.17) is 27.9 Å². The first-order chi connectivity index (χ1) is 17.4. The first-order valence-corrected chi connectivity index (χ1v) is 14.2. The number of carbonyl (C=O) groups excluding carboxylic acids is 2. The molecule has 6 nitrogen and oxygen atoms in total. The van der Waals surface area contributed by atoms with Crippen LogP contribution >= 0.6 is 46.3 Å². The van der Waals surface area contributed by atoms with E-state index in [2.05, 4.69) is 4.98 Å². The number of rotatable bonds is 3. The molecule has 3 fully saturated rings. The number of thiazole rings is 1. The van der Waals surface area contributed by atoms with Gasteiger partial charge in [0.05, 0.1) is 39.7 Å². The fourth-order valence-electron chi connectivity index (χ4n) is 7.11. The second-order valence-corrected chi connectivity index (χ2v) is 12.8. The van der Waals surface area contributed by atoms with E-state index in [0.717, 1.165) is 21.9 Å². The quantitative estimate of drug-likeness (QED) is 0.433. The molecule has 6 unspecified atom stereocenters. The molecule has 2 aromatic carbocycles. The normalized spacial score (nSPS) is 32.0. The Morgan fingerprint density at radius 2 is 1.72 bits per heavy atom. The Bertz CT molecular complexity index is 1490. The van der Waals surface area contributed by atoms with Crippen LogP contribution in [0.5, 0.6) is 5.75 Å². The van der Waals surface area contributed by atoms with Crippen LogP contribution in [0.15, 0.2) is 52.3 Å². The molecule has 1 saturated heterocycles. The molecule has 1 N–H and O–H groups in total. The minimum Gasteiger partial charge on any atom is -0.497 e. The van der Waals surface area contributed by atoms with Crippen molar-refractivity contribution in [3.05, 3.63) is 72.6 Å². The topological polar surface area (TPSA) is 79.5 Å². The third-order valence-electron chi connectivity index (χ3n) is 8.37. The van der Waals surface area contributed by atoms with Crippen LogP contribution in [0.1, 0.15) is 22.8 Å². The van der Waals surface area contributed by atoms with Crippen LogP contribution < -0.4 is 14.5 Å². The second-order valence-electron chi connectivity index (χ2n) is 9.81. The predicted octanol–water partition coefficient (Wildman–Crippen LogP) is 5.43. The van der Waals surface area contributed by atoms with Gasteiger partial charge in [-0.15, -0.1) is 11.8 Å². The SMILES string of the molecule is COc1ccc(N2C(=O)C3C4CC(C3C2=O)C2C4Sc3[nH]c(=O)sc3[C@@H]2c2cccc(Cl)c2Cl)cc1. The minimum atomic E-state index is -0.371. The molecule has 2 amide bonds. The van der Waals surface area contributed by atoms with Gasteiger partial charge in [0.2, 0.25) is 11.8 Å². The molecular formula is C26H20Cl2N2O4S2. The molecule has 0 spiro atoms. The Morgan fingerprint density at radius 3 is 2.44 bits per heavy atom. The van der Waals surface area contributed by atoms with Crippen LogP contribution in [0.4, 0.5) is 5.69 Å². The number of fused-ring (bicyclic) bond motifs is 9. The molecule has 184 valence electrons. The number of thioether (sulfide) groups is 1. The number of halogens is 2. The highest BCUT2D eigenvalue weighted by molar-refractivity contribution is 8.00. The summed E-state index contributed by atoms with van der Waals surface area (Å²) in [7, 11) is 1.58. The van der Waals surface area contributed by atoms with Crippen molar-refractivity contribution >= 4 is 63.8 Å². The number of nitrogens with one attached hydrogen (secondary N) is 1. The van der Waals surface area contributed by atoms with E-state index in [1.165, 1.54) is 16.2 Å². The molecule has 0 radical (unpaired) electrons. The second kappa shape index (κ2) is 8.12. The first-order valence-electron chi connectivity index (χ1n) is 11.7. The van der Waals surface area contributed by atoms with Gasteiger partial charge in [-0.05, 0) is 60.1 Å². The summed E-state index contributed by atoms with van der Waals surface area (Å²) >= 11 is 16.0. The van der Waals surface area contributed by atoms with Crippen molar-refractivity contribution in [1.82, 2.24) is 4.98 Å². The average molecular weight is 559 g/mol. The number of anilines is 1. The van der Waals surface area contributed by atoms with Gasteiger partial charge in [-0.1, -0.05) is 46.7 Å². The van der Waals surface area contributed by atoms with Gasteiger partial charge in [0, 0.05) is 16.0 Å². The Labute approximate surface area is 224 Å². The first kappa shape index (κ1) is 22.9. The lowest BCUT2D eigenvalue weighted by molar-refractivity contribution is -0.123. The van der Waals surface area contributed by atoms with E-state index in [0.29, 0.717) is 21.5 Å². The Balaban J connectivity index is 1.32. The Hall–Kier alpha value is -2.26. The molecule has 2 aliphatic heterocycles. The third kappa shape index (κ3) is 3.01. The summed E-state index contributed by atoms with van der Waals surface area (Å²) in [6.07, 6.45) is 0.819. The number of methoxy groups -OCH3 is 1. The summed E-state index contributed by atoms with van der Waals surface area (Å²) in [5, 5.41) is 1.89. The Kier molecular flexibility index (Phi) is 5.16. The van der Waals surface area contributed by atoms with E-state index in [-0.39, 0.29) is 57.4 Å². The van der Waals surface area contributed by atoms with Crippen LogP contribution in [0.3, 0.4) is 0 Å². The van der Waals surface area contributed by atoms with Crippen molar-refractivity contribution in [2.24, 2.45) is 29.6 Å². The predicted molar refractivity (Wildman–Crippen MR) is 140 cm³/mol. The standard InChI is InChI=1S/C26H20Cl2N2O4S2/c1-34-11-7-5-10(6-8-11)30-24(31)18-13-9-14(19(18)25(30)32)21-17(13)16(12-3-2-4-15(27)20(12)28)22-23(35-21)29-26(33)36-22/h2-8,13-14,16-19,21H,9H2,1H3,(H,29,33)/t13?,14?,16-,17?,18?,19?,21?/m1/s1. The van der Waals surface area contributed by atoms with E-state index < -0.39 is 0 Å². The summed E-state index contributed by atoms with van der Waals surface area (Å²) < 4.78 is 5.24. The van der Waals surface area contributed by atoms with Gasteiger partial charge in [0.25, 0.3) is 0 Å². The van der Waals surface area contributed by atoms with Crippen molar-refractivity contribution in [2.75, 3.05) is 12.0 Å².